The fraction of sp³-hybridized carbons (Fsp3) is 0.333. The van der Waals surface area contributed by atoms with Gasteiger partial charge in [-0.15, -0.1) is 0 Å². The highest BCUT2D eigenvalue weighted by atomic mass is 35.5. The summed E-state index contributed by atoms with van der Waals surface area (Å²) < 4.78 is 39.4. The molecule has 0 spiro atoms. The molecule has 1 aliphatic carbocycles. The molecule has 31 heavy (non-hydrogen) atoms. The Morgan fingerprint density at radius 1 is 1.10 bits per heavy atom. The van der Waals surface area contributed by atoms with Crippen molar-refractivity contribution in [3.05, 3.63) is 58.4 Å². The summed E-state index contributed by atoms with van der Waals surface area (Å²) in [4.78, 5) is 4.42. The average molecular weight is 482 g/mol. The molecule has 0 saturated heterocycles. The van der Waals surface area contributed by atoms with Gasteiger partial charge in [0.05, 0.1) is 13.7 Å². The van der Waals surface area contributed by atoms with Gasteiger partial charge in [0.2, 0.25) is 21.7 Å². The highest BCUT2D eigenvalue weighted by Gasteiger charge is 2.36. The van der Waals surface area contributed by atoms with E-state index in [1.807, 2.05) is 0 Å². The molecule has 7 nitrogen and oxygen atoms in total. The lowest BCUT2D eigenvalue weighted by Crippen LogP contribution is -2.38. The molecule has 2 aromatic carbocycles. The Morgan fingerprint density at radius 2 is 1.77 bits per heavy atom. The van der Waals surface area contributed by atoms with Gasteiger partial charge in [-0.25, -0.2) is 8.42 Å². The SMILES string of the molecule is COc1ccc(Cl)cc1S(=O)(=O)N(Cc1nc(-c2ccc(Cl)cc2)no1)C1CCCC1. The lowest BCUT2D eigenvalue weighted by atomic mass is 10.2. The van der Waals surface area contributed by atoms with Crippen LogP contribution in [0.1, 0.15) is 31.6 Å². The minimum Gasteiger partial charge on any atom is -0.495 e. The van der Waals surface area contributed by atoms with Crippen molar-refractivity contribution in [3.8, 4) is 17.1 Å². The van der Waals surface area contributed by atoms with Crippen LogP contribution in [0.4, 0.5) is 0 Å². The minimum absolute atomic E-state index is 0.0202. The van der Waals surface area contributed by atoms with Crippen molar-refractivity contribution >= 4 is 33.2 Å². The van der Waals surface area contributed by atoms with Crippen molar-refractivity contribution in [1.82, 2.24) is 14.4 Å². The molecule has 1 aromatic heterocycles. The van der Waals surface area contributed by atoms with E-state index in [-0.39, 0.29) is 29.1 Å². The molecule has 0 amide bonds. The van der Waals surface area contributed by atoms with Crippen LogP contribution in [0.3, 0.4) is 0 Å². The van der Waals surface area contributed by atoms with Crippen LogP contribution in [0, 0.1) is 0 Å². The molecule has 0 radical (unpaired) electrons. The molecule has 0 atom stereocenters. The van der Waals surface area contributed by atoms with E-state index in [9.17, 15) is 8.42 Å². The summed E-state index contributed by atoms with van der Waals surface area (Å²) in [5.41, 5.74) is 0.728. The van der Waals surface area contributed by atoms with Crippen LogP contribution in [0.5, 0.6) is 5.75 Å². The number of hydrogen-bond donors (Lipinski definition) is 0. The molecule has 10 heteroatoms. The largest absolute Gasteiger partial charge is 0.495 e. The topological polar surface area (TPSA) is 85.5 Å². The van der Waals surface area contributed by atoms with Gasteiger partial charge in [0, 0.05) is 21.7 Å². The maximum Gasteiger partial charge on any atom is 0.247 e. The van der Waals surface area contributed by atoms with E-state index >= 15 is 0 Å². The number of nitrogens with zero attached hydrogens (tertiary/aromatic N) is 3. The van der Waals surface area contributed by atoms with Crippen molar-refractivity contribution in [2.75, 3.05) is 7.11 Å². The molecule has 1 heterocycles. The molecule has 164 valence electrons. The number of halogens is 2. The van der Waals surface area contributed by atoms with Gasteiger partial charge in [-0.2, -0.15) is 9.29 Å². The monoisotopic (exact) mass is 481 g/mol. The van der Waals surface area contributed by atoms with Crippen molar-refractivity contribution in [3.63, 3.8) is 0 Å². The Balaban J connectivity index is 1.68. The second kappa shape index (κ2) is 9.16. The summed E-state index contributed by atoms with van der Waals surface area (Å²) in [6.07, 6.45) is 3.45. The maximum absolute atomic E-state index is 13.7. The smallest absolute Gasteiger partial charge is 0.247 e. The first-order chi connectivity index (χ1) is 14.9. The zero-order valence-electron chi connectivity index (χ0n) is 16.8. The third-order valence-electron chi connectivity index (χ3n) is 5.31. The van der Waals surface area contributed by atoms with Crippen LogP contribution < -0.4 is 4.74 Å². The van der Waals surface area contributed by atoms with Crippen LogP contribution in [-0.4, -0.2) is 36.0 Å². The van der Waals surface area contributed by atoms with Crippen LogP contribution in [0.15, 0.2) is 51.9 Å². The number of hydrogen-bond acceptors (Lipinski definition) is 6. The Hall–Kier alpha value is -2.13. The van der Waals surface area contributed by atoms with Gasteiger partial charge in [0.25, 0.3) is 0 Å². The van der Waals surface area contributed by atoms with Gasteiger partial charge in [0.1, 0.15) is 10.6 Å². The Labute approximate surface area is 191 Å². The Kier molecular flexibility index (Phi) is 6.52. The molecule has 0 N–H and O–H groups in total. The third-order valence-corrected chi connectivity index (χ3v) is 7.71. The number of ether oxygens (including phenoxy) is 1. The van der Waals surface area contributed by atoms with Crippen LogP contribution in [0.25, 0.3) is 11.4 Å². The van der Waals surface area contributed by atoms with Crippen molar-refractivity contribution in [2.24, 2.45) is 0 Å². The fourth-order valence-electron chi connectivity index (χ4n) is 3.75. The molecule has 0 aliphatic heterocycles. The fourth-order valence-corrected chi connectivity index (χ4v) is 5.93. The van der Waals surface area contributed by atoms with Gasteiger partial charge in [-0.1, -0.05) is 41.2 Å². The minimum atomic E-state index is -3.93. The van der Waals surface area contributed by atoms with Crippen LogP contribution >= 0.6 is 23.2 Å². The first kappa shape index (κ1) is 22.1. The standard InChI is InChI=1S/C21H21Cl2N3O4S/c1-29-18-11-10-16(23)12-19(18)31(27,28)26(17-4-2-3-5-17)13-20-24-21(25-30-20)14-6-8-15(22)9-7-14/h6-12,17H,2-5,13H2,1H3. The van der Waals surface area contributed by atoms with E-state index in [0.29, 0.717) is 15.9 Å². The van der Waals surface area contributed by atoms with Crippen LogP contribution in [-0.2, 0) is 16.6 Å². The number of aromatic nitrogens is 2. The molecule has 0 bridgehead atoms. The highest BCUT2D eigenvalue weighted by molar-refractivity contribution is 7.89. The first-order valence-corrected chi connectivity index (χ1v) is 12.0. The molecule has 4 rings (SSSR count). The lowest BCUT2D eigenvalue weighted by molar-refractivity contribution is 0.267. The van der Waals surface area contributed by atoms with E-state index in [1.54, 1.807) is 36.4 Å². The maximum atomic E-state index is 13.7. The Morgan fingerprint density at radius 3 is 2.45 bits per heavy atom. The lowest BCUT2D eigenvalue weighted by Gasteiger charge is -2.27. The van der Waals surface area contributed by atoms with Crippen molar-refractivity contribution < 1.29 is 17.7 Å². The Bertz CT molecular complexity index is 1160. The summed E-state index contributed by atoms with van der Waals surface area (Å²) in [5, 5.41) is 4.91. The van der Waals surface area contributed by atoms with E-state index in [4.69, 9.17) is 32.5 Å². The third kappa shape index (κ3) is 4.72. The summed E-state index contributed by atoms with van der Waals surface area (Å²) in [7, 11) is -2.50. The highest BCUT2D eigenvalue weighted by Crippen LogP contribution is 2.35. The first-order valence-electron chi connectivity index (χ1n) is 9.82. The second-order valence-electron chi connectivity index (χ2n) is 7.30. The summed E-state index contributed by atoms with van der Waals surface area (Å²) >= 11 is 12.0. The number of rotatable bonds is 7. The number of benzene rings is 2. The van der Waals surface area contributed by atoms with Gasteiger partial charge >= 0.3 is 0 Å². The molecule has 3 aromatic rings. The molecule has 1 aliphatic rings. The van der Waals surface area contributed by atoms with Gasteiger partial charge in [0.15, 0.2) is 0 Å². The van der Waals surface area contributed by atoms with Crippen molar-refractivity contribution in [1.29, 1.82) is 0 Å². The number of methoxy groups -OCH3 is 1. The number of sulfonamides is 1. The van der Waals surface area contributed by atoms with Gasteiger partial charge in [-0.05, 0) is 55.3 Å². The normalized spacial score (nSPS) is 15.0. The van der Waals surface area contributed by atoms with Crippen LogP contribution in [0.2, 0.25) is 10.0 Å². The second-order valence-corrected chi connectivity index (χ2v) is 10.0. The average Bonchev–Trinajstić information content (AvgIpc) is 3.44. The van der Waals surface area contributed by atoms with E-state index in [2.05, 4.69) is 10.1 Å². The molecular weight excluding hydrogens is 461 g/mol. The van der Waals surface area contributed by atoms with Gasteiger partial charge < -0.3 is 9.26 Å². The van der Waals surface area contributed by atoms with E-state index in [0.717, 1.165) is 31.2 Å². The predicted molar refractivity (Wildman–Crippen MR) is 118 cm³/mol. The van der Waals surface area contributed by atoms with E-state index in [1.165, 1.54) is 17.5 Å². The summed E-state index contributed by atoms with van der Waals surface area (Å²) in [6.45, 7) is -0.0384. The zero-order valence-corrected chi connectivity index (χ0v) is 19.1. The van der Waals surface area contributed by atoms with E-state index < -0.39 is 10.0 Å². The zero-order chi connectivity index (χ0) is 22.0. The predicted octanol–water partition coefficient (Wildman–Crippen LogP) is 5.19. The summed E-state index contributed by atoms with van der Waals surface area (Å²) in [6, 6.07) is 11.4. The summed E-state index contributed by atoms with van der Waals surface area (Å²) in [5.74, 6) is 0.817. The van der Waals surface area contributed by atoms with Gasteiger partial charge in [-0.3, -0.25) is 0 Å². The van der Waals surface area contributed by atoms with Crippen molar-refractivity contribution in [2.45, 2.75) is 43.2 Å². The molecule has 0 unspecified atom stereocenters. The molecule has 1 fully saturated rings. The quantitative estimate of drug-likeness (QED) is 0.461. The molecule has 1 saturated carbocycles. The molecular formula is C21H21Cl2N3O4S.